The minimum absolute atomic E-state index is 0.0171. The van der Waals surface area contributed by atoms with Gasteiger partial charge in [0.25, 0.3) is 5.56 Å². The molecule has 2 fully saturated rings. The minimum Gasteiger partial charge on any atom is -0.353 e. The first-order valence-electron chi connectivity index (χ1n) is 10.6. The van der Waals surface area contributed by atoms with E-state index in [2.05, 4.69) is 10.3 Å². The SMILES string of the molecule is O=C(NC1CCCCC1)C1CCC(Cn2c(=S)[nH]c3ccccc3c2=O)CC1. The second kappa shape index (κ2) is 8.60. The van der Waals surface area contributed by atoms with E-state index in [0.29, 0.717) is 28.7 Å². The lowest BCUT2D eigenvalue weighted by Crippen LogP contribution is -2.41. The largest absolute Gasteiger partial charge is 0.353 e. The van der Waals surface area contributed by atoms with Crippen LogP contribution in [0.1, 0.15) is 57.8 Å². The topological polar surface area (TPSA) is 66.9 Å². The number of carbonyl (C=O) groups is 1. The molecule has 1 aromatic heterocycles. The predicted octanol–water partition coefficient (Wildman–Crippen LogP) is 4.31. The molecular formula is C22H29N3O2S. The van der Waals surface area contributed by atoms with Gasteiger partial charge in [-0.15, -0.1) is 0 Å². The molecular weight excluding hydrogens is 370 g/mol. The summed E-state index contributed by atoms with van der Waals surface area (Å²) in [4.78, 5) is 28.6. The number of nitrogens with one attached hydrogen (secondary N) is 2. The Hall–Kier alpha value is -1.95. The maximum absolute atomic E-state index is 12.8. The van der Waals surface area contributed by atoms with Crippen LogP contribution in [0.25, 0.3) is 10.9 Å². The third-order valence-electron chi connectivity index (χ3n) is 6.50. The van der Waals surface area contributed by atoms with Crippen molar-refractivity contribution in [2.75, 3.05) is 0 Å². The molecule has 0 bridgehead atoms. The zero-order valence-corrected chi connectivity index (χ0v) is 17.1. The van der Waals surface area contributed by atoms with E-state index in [9.17, 15) is 9.59 Å². The van der Waals surface area contributed by atoms with Gasteiger partial charge in [-0.1, -0.05) is 31.4 Å². The summed E-state index contributed by atoms with van der Waals surface area (Å²) in [5.41, 5.74) is 0.772. The van der Waals surface area contributed by atoms with Gasteiger partial charge in [0, 0.05) is 18.5 Å². The van der Waals surface area contributed by atoms with Gasteiger partial charge in [0.15, 0.2) is 4.77 Å². The molecule has 0 radical (unpaired) electrons. The van der Waals surface area contributed by atoms with Gasteiger partial charge in [-0.05, 0) is 68.8 Å². The van der Waals surface area contributed by atoms with Crippen molar-refractivity contribution in [1.29, 1.82) is 0 Å². The van der Waals surface area contributed by atoms with Crippen LogP contribution in [0.5, 0.6) is 0 Å². The fourth-order valence-corrected chi connectivity index (χ4v) is 5.06. The highest BCUT2D eigenvalue weighted by atomic mass is 32.1. The number of hydrogen-bond acceptors (Lipinski definition) is 3. The van der Waals surface area contributed by atoms with E-state index >= 15 is 0 Å². The van der Waals surface area contributed by atoms with Crippen molar-refractivity contribution in [3.63, 3.8) is 0 Å². The van der Waals surface area contributed by atoms with Crippen LogP contribution in [-0.2, 0) is 11.3 Å². The molecule has 0 spiro atoms. The highest BCUT2D eigenvalue weighted by Gasteiger charge is 2.28. The Bertz CT molecular complexity index is 950. The number of amides is 1. The predicted molar refractivity (Wildman–Crippen MR) is 114 cm³/mol. The Balaban J connectivity index is 1.37. The third kappa shape index (κ3) is 4.22. The average Bonchev–Trinajstić information content (AvgIpc) is 2.72. The first kappa shape index (κ1) is 19.4. The van der Waals surface area contributed by atoms with E-state index in [0.717, 1.165) is 44.0 Å². The molecule has 1 aromatic carbocycles. The standard InChI is InChI=1S/C22H29N3O2S/c26-20(23-17-6-2-1-3-7-17)16-12-10-15(11-13-16)14-25-21(27)18-8-4-5-9-19(18)24-22(25)28/h4-5,8-9,15-17H,1-3,6-7,10-14H2,(H,23,26)(H,24,28). The van der Waals surface area contributed by atoms with Crippen molar-refractivity contribution in [2.45, 2.75) is 70.4 Å². The summed E-state index contributed by atoms with van der Waals surface area (Å²) in [6.45, 7) is 0.635. The van der Waals surface area contributed by atoms with E-state index < -0.39 is 0 Å². The quantitative estimate of drug-likeness (QED) is 0.753. The van der Waals surface area contributed by atoms with E-state index in [4.69, 9.17) is 12.2 Å². The van der Waals surface area contributed by atoms with Crippen LogP contribution >= 0.6 is 12.2 Å². The molecule has 0 atom stereocenters. The number of hydrogen-bond donors (Lipinski definition) is 2. The van der Waals surface area contributed by atoms with Crippen LogP contribution in [0.3, 0.4) is 0 Å². The molecule has 2 aromatic rings. The lowest BCUT2D eigenvalue weighted by molar-refractivity contribution is -0.127. The average molecular weight is 400 g/mol. The first-order valence-corrected chi connectivity index (χ1v) is 11.0. The number of rotatable bonds is 4. The fraction of sp³-hybridized carbons (Fsp3) is 0.591. The van der Waals surface area contributed by atoms with Crippen LogP contribution in [0.4, 0.5) is 0 Å². The maximum atomic E-state index is 12.8. The monoisotopic (exact) mass is 399 g/mol. The van der Waals surface area contributed by atoms with Crippen LogP contribution in [0, 0.1) is 16.6 Å². The number of aromatic nitrogens is 2. The van der Waals surface area contributed by atoms with Crippen molar-refractivity contribution < 1.29 is 4.79 Å². The Kier molecular flexibility index (Phi) is 5.95. The Morgan fingerprint density at radius 2 is 1.79 bits per heavy atom. The molecule has 1 heterocycles. The van der Waals surface area contributed by atoms with Gasteiger partial charge in [0.2, 0.25) is 5.91 Å². The van der Waals surface area contributed by atoms with Gasteiger partial charge in [0.05, 0.1) is 10.9 Å². The maximum Gasteiger partial charge on any atom is 0.262 e. The second-order valence-corrected chi connectivity index (χ2v) is 8.84. The zero-order chi connectivity index (χ0) is 19.5. The Morgan fingerprint density at radius 3 is 2.54 bits per heavy atom. The summed E-state index contributed by atoms with van der Waals surface area (Å²) in [6, 6.07) is 7.88. The summed E-state index contributed by atoms with van der Waals surface area (Å²) >= 11 is 5.43. The van der Waals surface area contributed by atoms with Gasteiger partial charge < -0.3 is 10.3 Å². The molecule has 2 aliphatic rings. The number of benzene rings is 1. The van der Waals surface area contributed by atoms with E-state index in [1.807, 2.05) is 24.3 Å². The number of H-pyrrole nitrogens is 1. The lowest BCUT2D eigenvalue weighted by Gasteiger charge is -2.30. The van der Waals surface area contributed by atoms with E-state index in [1.54, 1.807) is 4.57 Å². The molecule has 0 saturated heterocycles. The molecule has 0 unspecified atom stereocenters. The highest BCUT2D eigenvalue weighted by molar-refractivity contribution is 7.71. The minimum atomic E-state index is -0.0171. The fourth-order valence-electron chi connectivity index (χ4n) is 4.80. The number of fused-ring (bicyclic) bond motifs is 1. The first-order chi connectivity index (χ1) is 13.6. The number of carbonyl (C=O) groups excluding carboxylic acids is 1. The van der Waals surface area contributed by atoms with Gasteiger partial charge in [-0.25, -0.2) is 0 Å². The summed E-state index contributed by atoms with van der Waals surface area (Å²) < 4.78 is 2.19. The summed E-state index contributed by atoms with van der Waals surface area (Å²) in [7, 11) is 0. The Morgan fingerprint density at radius 1 is 1.07 bits per heavy atom. The molecule has 28 heavy (non-hydrogen) atoms. The molecule has 2 aliphatic carbocycles. The second-order valence-electron chi connectivity index (χ2n) is 8.45. The Labute approximate surface area is 170 Å². The van der Waals surface area contributed by atoms with Crippen molar-refractivity contribution in [3.05, 3.63) is 39.4 Å². The number of para-hydroxylation sites is 1. The van der Waals surface area contributed by atoms with Crippen molar-refractivity contribution in [1.82, 2.24) is 14.9 Å². The molecule has 2 N–H and O–H groups in total. The highest BCUT2D eigenvalue weighted by Crippen LogP contribution is 2.30. The van der Waals surface area contributed by atoms with Gasteiger partial charge in [-0.3, -0.25) is 14.2 Å². The van der Waals surface area contributed by atoms with Crippen molar-refractivity contribution in [2.24, 2.45) is 11.8 Å². The molecule has 4 rings (SSSR count). The van der Waals surface area contributed by atoms with E-state index in [-0.39, 0.29) is 17.4 Å². The molecule has 150 valence electrons. The van der Waals surface area contributed by atoms with Crippen LogP contribution < -0.4 is 10.9 Å². The van der Waals surface area contributed by atoms with Crippen LogP contribution in [0.2, 0.25) is 0 Å². The molecule has 0 aliphatic heterocycles. The molecule has 1 amide bonds. The number of nitrogens with zero attached hydrogens (tertiary/aromatic N) is 1. The zero-order valence-electron chi connectivity index (χ0n) is 16.3. The number of aromatic amines is 1. The summed E-state index contributed by atoms with van der Waals surface area (Å²) in [6.07, 6.45) is 9.77. The van der Waals surface area contributed by atoms with Crippen molar-refractivity contribution >= 4 is 29.0 Å². The third-order valence-corrected chi connectivity index (χ3v) is 6.82. The molecule has 6 heteroatoms. The molecule has 2 saturated carbocycles. The molecule has 5 nitrogen and oxygen atoms in total. The van der Waals surface area contributed by atoms with Gasteiger partial charge in [-0.2, -0.15) is 0 Å². The van der Waals surface area contributed by atoms with Crippen LogP contribution in [0.15, 0.2) is 29.1 Å². The van der Waals surface area contributed by atoms with Crippen LogP contribution in [-0.4, -0.2) is 21.5 Å². The van der Waals surface area contributed by atoms with Crippen molar-refractivity contribution in [3.8, 4) is 0 Å². The summed E-state index contributed by atoms with van der Waals surface area (Å²) in [5.74, 6) is 0.763. The normalized spacial score (nSPS) is 23.6. The summed E-state index contributed by atoms with van der Waals surface area (Å²) in [5, 5.41) is 3.95. The van der Waals surface area contributed by atoms with Gasteiger partial charge >= 0.3 is 0 Å². The van der Waals surface area contributed by atoms with E-state index in [1.165, 1.54) is 19.3 Å². The van der Waals surface area contributed by atoms with Gasteiger partial charge in [0.1, 0.15) is 0 Å². The lowest BCUT2D eigenvalue weighted by atomic mass is 9.81. The smallest absolute Gasteiger partial charge is 0.262 e.